The average molecular weight is 730 g/mol. The predicted octanol–water partition coefficient (Wildman–Crippen LogP) is 8.53. The first-order chi connectivity index (χ1) is 23.8. The number of hydrogen-bond acceptors (Lipinski definition) is 11. The molecule has 4 aromatic carbocycles. The van der Waals surface area contributed by atoms with Crippen molar-refractivity contribution in [2.24, 2.45) is 0 Å². The fraction of sp³-hybridized carbons (Fsp3) is 0.161. The zero-order chi connectivity index (χ0) is 38.3. The Morgan fingerprint density at radius 3 is 1.37 bits per heavy atom. The molecule has 4 aromatic rings. The van der Waals surface area contributed by atoms with Gasteiger partial charge in [0.2, 0.25) is 0 Å². The largest absolute Gasteiger partial charge is 0.493 e. The van der Waals surface area contributed by atoms with Crippen LogP contribution in [0.4, 0.5) is 42.1 Å². The van der Waals surface area contributed by atoms with Gasteiger partial charge in [-0.1, -0.05) is 24.3 Å². The number of hydrogen-bond donors (Lipinski definition) is 0. The van der Waals surface area contributed by atoms with Crippen LogP contribution >= 0.6 is 0 Å². The van der Waals surface area contributed by atoms with Gasteiger partial charge in [-0.3, -0.25) is 20.2 Å². The molecule has 0 fully saturated rings. The lowest BCUT2D eigenvalue weighted by Gasteiger charge is -2.16. The highest BCUT2D eigenvalue weighted by atomic mass is 19.4. The zero-order valence-corrected chi connectivity index (χ0v) is 26.0. The van der Waals surface area contributed by atoms with Crippen LogP contribution in [0.3, 0.4) is 0 Å². The summed E-state index contributed by atoms with van der Waals surface area (Å²) >= 11 is 0. The Labute approximate surface area is 281 Å². The first-order valence-electron chi connectivity index (χ1n) is 13.5. The number of para-hydroxylation sites is 2. The smallest absolute Gasteiger partial charge is 0.419 e. The molecule has 0 aliphatic carbocycles. The monoisotopic (exact) mass is 730 g/mol. The van der Waals surface area contributed by atoms with E-state index in [4.69, 9.17) is 14.2 Å². The van der Waals surface area contributed by atoms with Gasteiger partial charge in [-0.15, -0.1) is 0 Å². The molecule has 4 rings (SSSR count). The van der Waals surface area contributed by atoms with Crippen LogP contribution in [0.15, 0.2) is 72.8 Å². The van der Waals surface area contributed by atoms with Gasteiger partial charge in [-0.05, 0) is 24.3 Å². The van der Waals surface area contributed by atoms with Crippen molar-refractivity contribution in [3.8, 4) is 28.7 Å². The van der Waals surface area contributed by atoms with Crippen LogP contribution < -0.4 is 14.2 Å². The Bertz CT molecular complexity index is 1970. The molecule has 270 valence electrons. The average Bonchev–Trinajstić information content (AvgIpc) is 3.07. The van der Waals surface area contributed by atoms with E-state index in [1.54, 1.807) is 0 Å². The molecule has 0 bridgehead atoms. The lowest BCUT2D eigenvalue weighted by molar-refractivity contribution is -0.385. The highest BCUT2D eigenvalue weighted by Gasteiger charge is 2.36. The Balaban J connectivity index is 0.000000276. The first kappa shape index (κ1) is 39.0. The number of carbonyl (C=O) groups is 2. The number of benzene rings is 4. The van der Waals surface area contributed by atoms with E-state index in [9.17, 15) is 60.6 Å². The van der Waals surface area contributed by atoms with Crippen LogP contribution in [0.1, 0.15) is 31.8 Å². The Kier molecular flexibility index (Phi) is 12.1. The summed E-state index contributed by atoms with van der Waals surface area (Å²) in [6.07, 6.45) is -9.45. The van der Waals surface area contributed by atoms with Gasteiger partial charge in [0.05, 0.1) is 54.4 Å². The summed E-state index contributed by atoms with van der Waals surface area (Å²) in [5, 5.41) is 22.0. The second kappa shape index (κ2) is 15.8. The molecule has 0 unspecified atom stereocenters. The van der Waals surface area contributed by atoms with E-state index < -0.39 is 90.8 Å². The van der Waals surface area contributed by atoms with Gasteiger partial charge in [-0.25, -0.2) is 14.0 Å². The van der Waals surface area contributed by atoms with E-state index >= 15 is 0 Å². The number of alkyl halides is 6. The lowest BCUT2D eigenvalue weighted by Crippen LogP contribution is -2.09. The van der Waals surface area contributed by atoms with E-state index in [0.717, 1.165) is 63.8 Å². The van der Waals surface area contributed by atoms with Gasteiger partial charge >= 0.3 is 24.3 Å². The van der Waals surface area contributed by atoms with Crippen LogP contribution in [-0.2, 0) is 21.8 Å². The summed E-state index contributed by atoms with van der Waals surface area (Å²) in [6, 6.07) is 11.2. The predicted molar refractivity (Wildman–Crippen MR) is 158 cm³/mol. The summed E-state index contributed by atoms with van der Waals surface area (Å²) in [4.78, 5) is 43.5. The van der Waals surface area contributed by atoms with Gasteiger partial charge in [-0.2, -0.15) is 26.3 Å². The molecule has 0 saturated heterocycles. The van der Waals surface area contributed by atoms with Crippen molar-refractivity contribution in [3.63, 3.8) is 0 Å². The minimum absolute atomic E-state index is 0.221. The van der Waals surface area contributed by atoms with Gasteiger partial charge in [0, 0.05) is 12.1 Å². The van der Waals surface area contributed by atoms with Crippen LogP contribution in [0.2, 0.25) is 0 Å². The van der Waals surface area contributed by atoms with Gasteiger partial charge in [0.1, 0.15) is 22.6 Å². The maximum absolute atomic E-state index is 14.0. The number of rotatable bonds is 9. The van der Waals surface area contributed by atoms with Crippen LogP contribution in [0.25, 0.3) is 0 Å². The van der Waals surface area contributed by atoms with Crippen LogP contribution in [0, 0.1) is 26.0 Å². The number of ether oxygens (including phenoxy) is 5. The fourth-order valence-corrected chi connectivity index (χ4v) is 4.08. The van der Waals surface area contributed by atoms with Crippen molar-refractivity contribution in [1.29, 1.82) is 0 Å². The molecule has 13 nitrogen and oxygen atoms in total. The number of nitrogens with zero attached hydrogens (tertiary/aromatic N) is 2. The normalized spacial score (nSPS) is 11.0. The summed E-state index contributed by atoms with van der Waals surface area (Å²) in [5.74, 6) is -6.12. The second-order valence-electron chi connectivity index (χ2n) is 9.51. The topological polar surface area (TPSA) is 167 Å². The molecule has 51 heavy (non-hydrogen) atoms. The van der Waals surface area contributed by atoms with Crippen molar-refractivity contribution in [1.82, 2.24) is 0 Å². The van der Waals surface area contributed by atoms with Crippen molar-refractivity contribution >= 4 is 23.3 Å². The third-order valence-corrected chi connectivity index (χ3v) is 6.36. The molecular weight excluding hydrogens is 709 g/mol. The molecule has 0 heterocycles. The molecule has 0 radical (unpaired) electrons. The van der Waals surface area contributed by atoms with E-state index in [2.05, 4.69) is 9.47 Å². The lowest BCUT2D eigenvalue weighted by atomic mass is 10.1. The van der Waals surface area contributed by atoms with Gasteiger partial charge in [0.15, 0.2) is 23.1 Å². The highest BCUT2D eigenvalue weighted by Crippen LogP contribution is 2.43. The van der Waals surface area contributed by atoms with Gasteiger partial charge < -0.3 is 23.7 Å². The van der Waals surface area contributed by atoms with E-state index in [0.29, 0.717) is 12.1 Å². The maximum atomic E-state index is 14.0. The Hall–Kier alpha value is -6.47. The minimum Gasteiger partial charge on any atom is -0.493 e. The second-order valence-corrected chi connectivity index (χ2v) is 9.51. The van der Waals surface area contributed by atoms with Gasteiger partial charge in [0.25, 0.3) is 11.4 Å². The highest BCUT2D eigenvalue weighted by molar-refractivity contribution is 5.95. The third-order valence-electron chi connectivity index (χ3n) is 6.36. The number of esters is 2. The van der Waals surface area contributed by atoms with Crippen molar-refractivity contribution in [2.75, 3.05) is 21.3 Å². The molecule has 20 heteroatoms. The number of nitro benzene ring substituents is 2. The van der Waals surface area contributed by atoms with E-state index in [-0.39, 0.29) is 11.5 Å². The number of halogens is 7. The SMILES string of the molecule is COC(=O)c1cc(Oc2ccccc2C(F)(F)F)c(F)cc1[N+](=O)[O-].COC(=O)c1cc(Oc2ccccc2C(F)(F)F)c(OC)cc1[N+](=O)[O-]. The molecular formula is C31H21F7N2O11. The van der Waals surface area contributed by atoms with E-state index in [1.165, 1.54) is 18.2 Å². The Morgan fingerprint density at radius 1 is 0.588 bits per heavy atom. The molecule has 0 N–H and O–H groups in total. The number of nitro groups is 2. The summed E-state index contributed by atoms with van der Waals surface area (Å²) in [5.41, 5.74) is -4.91. The molecule has 0 aromatic heterocycles. The molecule has 0 saturated carbocycles. The summed E-state index contributed by atoms with van der Waals surface area (Å²) in [6.45, 7) is 0. The van der Waals surface area contributed by atoms with E-state index in [1.807, 2.05) is 0 Å². The molecule has 0 aliphatic heterocycles. The fourth-order valence-electron chi connectivity index (χ4n) is 4.08. The molecule has 0 amide bonds. The zero-order valence-electron chi connectivity index (χ0n) is 26.0. The third kappa shape index (κ3) is 9.37. The van der Waals surface area contributed by atoms with Crippen LogP contribution in [-0.4, -0.2) is 43.1 Å². The maximum Gasteiger partial charge on any atom is 0.419 e. The van der Waals surface area contributed by atoms with Crippen LogP contribution in [0.5, 0.6) is 28.7 Å². The van der Waals surface area contributed by atoms with Crippen molar-refractivity contribution < 1.29 is 73.9 Å². The van der Waals surface area contributed by atoms with Crippen molar-refractivity contribution in [2.45, 2.75) is 12.4 Å². The number of carbonyl (C=O) groups excluding carboxylic acids is 2. The minimum atomic E-state index is -4.76. The van der Waals surface area contributed by atoms with Crippen molar-refractivity contribution in [3.05, 3.63) is 121 Å². The molecule has 0 atom stereocenters. The Morgan fingerprint density at radius 2 is 0.980 bits per heavy atom. The molecule has 0 spiro atoms. The first-order valence-corrected chi connectivity index (χ1v) is 13.5. The number of methoxy groups -OCH3 is 3. The molecule has 0 aliphatic rings. The quantitative estimate of drug-likeness (QED) is 0.0701. The summed E-state index contributed by atoms with van der Waals surface area (Å²) in [7, 11) is 3.10. The standard InChI is InChI=1S/C16H12F3NO6.C15H9F4NO5/c1-24-13-8-11(20(22)23)9(15(21)25-2)7-14(13)26-12-6-4-3-5-10(12)16(17,18)19;1-24-14(21)8-6-13(10(16)7-11(8)20(22)23)25-12-5-3-2-4-9(12)15(17,18)19/h3-8H,1-2H3;2-7H,1H3. The summed E-state index contributed by atoms with van der Waals surface area (Å²) < 4.78 is 116.